The third kappa shape index (κ3) is 3.26. The van der Waals surface area contributed by atoms with Gasteiger partial charge in [-0.3, -0.25) is 14.0 Å². The molecule has 0 saturated carbocycles. The normalized spacial score (nSPS) is 10.6. The second-order valence-corrected chi connectivity index (χ2v) is 5.75. The number of carbonyl (C=O) groups excluding carboxylic acids is 2. The van der Waals surface area contributed by atoms with Crippen LogP contribution in [0.1, 0.15) is 23.6 Å². The lowest BCUT2D eigenvalue weighted by Gasteiger charge is -2.07. The first-order chi connectivity index (χ1) is 12.2. The van der Waals surface area contributed by atoms with Crippen LogP contribution in [0.4, 0.5) is 5.82 Å². The van der Waals surface area contributed by atoms with Gasteiger partial charge >= 0.3 is 0 Å². The minimum Gasteiger partial charge on any atom is -0.495 e. The molecule has 25 heavy (non-hydrogen) atoms. The number of amides is 1. The quantitative estimate of drug-likeness (QED) is 0.555. The Kier molecular flexibility index (Phi) is 4.84. The van der Waals surface area contributed by atoms with E-state index in [1.54, 1.807) is 7.11 Å². The van der Waals surface area contributed by atoms with E-state index in [1.165, 1.54) is 5.56 Å². The smallest absolute Gasteiger partial charge is 0.289 e. The number of nitrogens with zero attached hydrogens (tertiary/aromatic N) is 1. The van der Waals surface area contributed by atoms with Gasteiger partial charge in [0.15, 0.2) is 0 Å². The minimum atomic E-state index is -0.664. The van der Waals surface area contributed by atoms with Gasteiger partial charge in [-0.05, 0) is 41.7 Å². The Morgan fingerprint density at radius 2 is 1.92 bits per heavy atom. The van der Waals surface area contributed by atoms with Gasteiger partial charge in [-0.15, -0.1) is 0 Å². The van der Waals surface area contributed by atoms with Crippen LogP contribution in [0.5, 0.6) is 5.75 Å². The first-order valence-electron chi connectivity index (χ1n) is 8.17. The largest absolute Gasteiger partial charge is 0.495 e. The SMILES string of the molecule is CCc1c(Cc2ccccc2)c2ccc(OC)cn2c1NC(=O)C=O. The second kappa shape index (κ2) is 7.21. The summed E-state index contributed by atoms with van der Waals surface area (Å²) in [6.45, 7) is 2.04. The third-order valence-corrected chi connectivity index (χ3v) is 4.28. The summed E-state index contributed by atoms with van der Waals surface area (Å²) in [6.07, 6.45) is 3.59. The number of aromatic nitrogens is 1. The molecule has 5 heteroatoms. The third-order valence-electron chi connectivity index (χ3n) is 4.28. The molecule has 0 aliphatic rings. The molecule has 1 aromatic carbocycles. The van der Waals surface area contributed by atoms with Crippen molar-refractivity contribution in [1.29, 1.82) is 0 Å². The van der Waals surface area contributed by atoms with E-state index in [0.29, 0.717) is 11.6 Å². The first kappa shape index (κ1) is 16.8. The van der Waals surface area contributed by atoms with Gasteiger partial charge in [-0.1, -0.05) is 37.3 Å². The minimum absolute atomic E-state index is 0.288. The standard InChI is InChI=1S/C20H20N2O3/c1-3-16-17(11-14-7-5-4-6-8-14)18-10-9-15(25-2)12-22(18)20(16)21-19(24)13-23/h4-10,12-13H,3,11H2,1-2H3,(H,21,24). The van der Waals surface area contributed by atoms with Crippen molar-refractivity contribution < 1.29 is 14.3 Å². The van der Waals surface area contributed by atoms with Gasteiger partial charge in [0.1, 0.15) is 11.6 Å². The molecule has 0 aliphatic heterocycles. The highest BCUT2D eigenvalue weighted by molar-refractivity contribution is 6.29. The maximum atomic E-state index is 11.7. The van der Waals surface area contributed by atoms with E-state index in [1.807, 2.05) is 47.9 Å². The summed E-state index contributed by atoms with van der Waals surface area (Å²) in [5, 5.41) is 2.71. The van der Waals surface area contributed by atoms with Gasteiger partial charge in [0.05, 0.1) is 18.8 Å². The summed E-state index contributed by atoms with van der Waals surface area (Å²) < 4.78 is 7.19. The number of rotatable bonds is 6. The summed E-state index contributed by atoms with van der Waals surface area (Å²) in [7, 11) is 1.60. The maximum Gasteiger partial charge on any atom is 0.289 e. The molecule has 3 rings (SSSR count). The number of carbonyl (C=O) groups is 2. The molecule has 0 atom stereocenters. The van der Waals surface area contributed by atoms with Gasteiger partial charge in [0, 0.05) is 0 Å². The van der Waals surface area contributed by atoms with E-state index in [0.717, 1.165) is 29.5 Å². The van der Waals surface area contributed by atoms with Crippen LogP contribution in [-0.2, 0) is 22.4 Å². The van der Waals surface area contributed by atoms with Crippen molar-refractivity contribution in [2.75, 3.05) is 12.4 Å². The molecule has 2 aromatic heterocycles. The highest BCUT2D eigenvalue weighted by Gasteiger charge is 2.19. The Morgan fingerprint density at radius 1 is 1.16 bits per heavy atom. The Bertz CT molecular complexity index is 914. The predicted molar refractivity (Wildman–Crippen MR) is 97.3 cm³/mol. The number of aldehydes is 1. The first-order valence-corrected chi connectivity index (χ1v) is 8.17. The van der Waals surface area contributed by atoms with Crippen LogP contribution in [-0.4, -0.2) is 23.7 Å². The highest BCUT2D eigenvalue weighted by atomic mass is 16.5. The van der Waals surface area contributed by atoms with Crippen molar-refractivity contribution in [3.05, 3.63) is 65.4 Å². The van der Waals surface area contributed by atoms with Crippen molar-refractivity contribution in [3.8, 4) is 5.75 Å². The van der Waals surface area contributed by atoms with Crippen LogP contribution < -0.4 is 10.1 Å². The fourth-order valence-corrected chi connectivity index (χ4v) is 3.14. The van der Waals surface area contributed by atoms with Crippen LogP contribution in [0.3, 0.4) is 0 Å². The number of ether oxygens (including phenoxy) is 1. The molecule has 0 saturated heterocycles. The number of anilines is 1. The van der Waals surface area contributed by atoms with Gasteiger partial charge < -0.3 is 10.1 Å². The monoisotopic (exact) mass is 336 g/mol. The second-order valence-electron chi connectivity index (χ2n) is 5.75. The Balaban J connectivity index is 2.20. The summed E-state index contributed by atoms with van der Waals surface area (Å²) in [4.78, 5) is 22.5. The zero-order valence-corrected chi connectivity index (χ0v) is 14.3. The van der Waals surface area contributed by atoms with Gasteiger partial charge in [-0.2, -0.15) is 0 Å². The molecule has 2 heterocycles. The molecule has 0 radical (unpaired) electrons. The maximum absolute atomic E-state index is 11.7. The van der Waals surface area contributed by atoms with Crippen LogP contribution >= 0.6 is 0 Å². The van der Waals surface area contributed by atoms with E-state index < -0.39 is 5.91 Å². The highest BCUT2D eigenvalue weighted by Crippen LogP contribution is 2.32. The van der Waals surface area contributed by atoms with Crippen molar-refractivity contribution in [3.63, 3.8) is 0 Å². The Hall–Kier alpha value is -3.08. The molecule has 0 bridgehead atoms. The number of nitrogens with one attached hydrogen (secondary N) is 1. The number of fused-ring (bicyclic) bond motifs is 1. The van der Waals surface area contributed by atoms with Crippen LogP contribution in [0.2, 0.25) is 0 Å². The van der Waals surface area contributed by atoms with Crippen LogP contribution in [0.15, 0.2) is 48.7 Å². The molecule has 1 N–H and O–H groups in total. The summed E-state index contributed by atoms with van der Waals surface area (Å²) in [5.74, 6) is 0.639. The lowest BCUT2D eigenvalue weighted by atomic mass is 10.0. The van der Waals surface area contributed by atoms with Crippen molar-refractivity contribution in [2.24, 2.45) is 0 Å². The average Bonchev–Trinajstić information content (AvgIpc) is 2.94. The Labute approximate surface area is 146 Å². The van der Waals surface area contributed by atoms with E-state index in [2.05, 4.69) is 17.4 Å². The molecule has 128 valence electrons. The van der Waals surface area contributed by atoms with Crippen molar-refractivity contribution in [1.82, 2.24) is 4.40 Å². The van der Waals surface area contributed by atoms with Gasteiger partial charge in [-0.25, -0.2) is 0 Å². The zero-order valence-electron chi connectivity index (χ0n) is 14.3. The zero-order chi connectivity index (χ0) is 17.8. The van der Waals surface area contributed by atoms with E-state index >= 15 is 0 Å². The number of hydrogen-bond donors (Lipinski definition) is 1. The van der Waals surface area contributed by atoms with Gasteiger partial charge in [0.25, 0.3) is 5.91 Å². The van der Waals surface area contributed by atoms with Gasteiger partial charge in [0.2, 0.25) is 6.29 Å². The molecule has 1 amide bonds. The molecule has 3 aromatic rings. The number of methoxy groups -OCH3 is 1. The topological polar surface area (TPSA) is 59.8 Å². The fraction of sp³-hybridized carbons (Fsp3) is 0.200. The molecule has 0 spiro atoms. The molecule has 5 nitrogen and oxygen atoms in total. The van der Waals surface area contributed by atoms with E-state index in [-0.39, 0.29) is 6.29 Å². The van der Waals surface area contributed by atoms with E-state index in [4.69, 9.17) is 4.74 Å². The average molecular weight is 336 g/mol. The lowest BCUT2D eigenvalue weighted by molar-refractivity contribution is -0.127. The van der Waals surface area contributed by atoms with Crippen LogP contribution in [0, 0.1) is 0 Å². The summed E-state index contributed by atoms with van der Waals surface area (Å²) in [6, 6.07) is 14.0. The number of benzene rings is 1. The summed E-state index contributed by atoms with van der Waals surface area (Å²) in [5.41, 5.74) is 4.33. The van der Waals surface area contributed by atoms with E-state index in [9.17, 15) is 9.59 Å². The molecular weight excluding hydrogens is 316 g/mol. The molecule has 0 fully saturated rings. The summed E-state index contributed by atoms with van der Waals surface area (Å²) >= 11 is 0. The number of pyridine rings is 1. The fourth-order valence-electron chi connectivity index (χ4n) is 3.14. The predicted octanol–water partition coefficient (Wildman–Crippen LogP) is 3.24. The molecule has 0 unspecified atom stereocenters. The van der Waals surface area contributed by atoms with Crippen LogP contribution in [0.25, 0.3) is 5.52 Å². The molecular formula is C20H20N2O3. The van der Waals surface area contributed by atoms with Crippen molar-refractivity contribution >= 4 is 23.5 Å². The number of hydrogen-bond acceptors (Lipinski definition) is 3. The van der Waals surface area contributed by atoms with Crippen molar-refractivity contribution in [2.45, 2.75) is 19.8 Å². The Morgan fingerprint density at radius 3 is 2.56 bits per heavy atom. The molecule has 0 aliphatic carbocycles. The lowest BCUT2D eigenvalue weighted by Crippen LogP contribution is -2.15.